The average molecular weight is 252 g/mol. The SMILES string of the molecule is CCC(CC(O)COCc1ccccc1)C(=O)O. The third kappa shape index (κ3) is 5.29. The van der Waals surface area contributed by atoms with E-state index in [4.69, 9.17) is 9.84 Å². The van der Waals surface area contributed by atoms with E-state index in [9.17, 15) is 9.90 Å². The maximum Gasteiger partial charge on any atom is 0.306 e. The highest BCUT2D eigenvalue weighted by Crippen LogP contribution is 2.12. The number of benzene rings is 1. The van der Waals surface area contributed by atoms with Crippen LogP contribution in [-0.2, 0) is 16.1 Å². The summed E-state index contributed by atoms with van der Waals surface area (Å²) in [5.74, 6) is -1.36. The molecule has 2 N–H and O–H groups in total. The summed E-state index contributed by atoms with van der Waals surface area (Å²) < 4.78 is 5.36. The fraction of sp³-hybridized carbons (Fsp3) is 0.500. The molecule has 18 heavy (non-hydrogen) atoms. The van der Waals surface area contributed by atoms with Crippen molar-refractivity contribution in [3.8, 4) is 0 Å². The van der Waals surface area contributed by atoms with Crippen LogP contribution in [0, 0.1) is 5.92 Å². The highest BCUT2D eigenvalue weighted by molar-refractivity contribution is 5.69. The lowest BCUT2D eigenvalue weighted by Crippen LogP contribution is -2.23. The molecular weight excluding hydrogens is 232 g/mol. The molecule has 0 aliphatic heterocycles. The zero-order chi connectivity index (χ0) is 13.4. The molecule has 0 spiro atoms. The summed E-state index contributed by atoms with van der Waals surface area (Å²) in [7, 11) is 0. The van der Waals surface area contributed by atoms with Crippen LogP contribution in [0.4, 0.5) is 0 Å². The summed E-state index contributed by atoms with van der Waals surface area (Å²) in [6.45, 7) is 2.40. The van der Waals surface area contributed by atoms with Crippen LogP contribution in [0.2, 0.25) is 0 Å². The van der Waals surface area contributed by atoms with E-state index in [1.807, 2.05) is 30.3 Å². The van der Waals surface area contributed by atoms with E-state index in [1.54, 1.807) is 6.92 Å². The number of hydrogen-bond donors (Lipinski definition) is 2. The molecule has 0 radical (unpaired) electrons. The van der Waals surface area contributed by atoms with Crippen molar-refractivity contribution >= 4 is 5.97 Å². The van der Waals surface area contributed by atoms with Crippen LogP contribution in [-0.4, -0.2) is 28.9 Å². The zero-order valence-corrected chi connectivity index (χ0v) is 10.6. The monoisotopic (exact) mass is 252 g/mol. The van der Waals surface area contributed by atoms with Crippen LogP contribution in [0.25, 0.3) is 0 Å². The summed E-state index contributed by atoms with van der Waals surface area (Å²) in [6.07, 6.45) is 0.0286. The molecule has 0 heterocycles. The quantitative estimate of drug-likeness (QED) is 0.743. The molecule has 0 amide bonds. The van der Waals surface area contributed by atoms with Crippen molar-refractivity contribution in [2.75, 3.05) is 6.61 Å². The Kier molecular flexibility index (Phi) is 6.39. The van der Waals surface area contributed by atoms with Crippen LogP contribution >= 0.6 is 0 Å². The maximum absolute atomic E-state index is 10.8. The van der Waals surface area contributed by atoms with E-state index >= 15 is 0 Å². The average Bonchev–Trinajstić information content (AvgIpc) is 2.37. The molecule has 0 fully saturated rings. The zero-order valence-electron chi connectivity index (χ0n) is 10.6. The van der Waals surface area contributed by atoms with Crippen LogP contribution < -0.4 is 0 Å². The highest BCUT2D eigenvalue weighted by Gasteiger charge is 2.19. The molecule has 1 rings (SSSR count). The van der Waals surface area contributed by atoms with Crippen molar-refractivity contribution in [2.45, 2.75) is 32.5 Å². The number of hydrogen-bond acceptors (Lipinski definition) is 3. The Morgan fingerprint density at radius 1 is 1.33 bits per heavy atom. The number of carboxylic acid groups (broad SMARTS) is 1. The number of carbonyl (C=O) groups is 1. The van der Waals surface area contributed by atoms with Gasteiger partial charge in [0.15, 0.2) is 0 Å². The van der Waals surface area contributed by atoms with Gasteiger partial charge in [0.25, 0.3) is 0 Å². The van der Waals surface area contributed by atoms with Gasteiger partial charge in [-0.25, -0.2) is 0 Å². The van der Waals surface area contributed by atoms with Gasteiger partial charge in [0, 0.05) is 0 Å². The van der Waals surface area contributed by atoms with E-state index in [2.05, 4.69) is 0 Å². The largest absolute Gasteiger partial charge is 0.481 e. The minimum Gasteiger partial charge on any atom is -0.481 e. The Balaban J connectivity index is 2.25. The molecule has 0 aromatic heterocycles. The topological polar surface area (TPSA) is 66.8 Å². The first-order chi connectivity index (χ1) is 8.63. The Bertz CT molecular complexity index is 350. The second-order valence-corrected chi connectivity index (χ2v) is 4.33. The first-order valence-corrected chi connectivity index (χ1v) is 6.16. The van der Waals surface area contributed by atoms with Gasteiger partial charge >= 0.3 is 5.97 Å². The van der Waals surface area contributed by atoms with E-state index in [-0.39, 0.29) is 13.0 Å². The number of rotatable bonds is 8. The second kappa shape index (κ2) is 7.84. The number of aliphatic hydroxyl groups is 1. The third-order valence-electron chi connectivity index (χ3n) is 2.82. The van der Waals surface area contributed by atoms with Crippen LogP contribution in [0.1, 0.15) is 25.3 Å². The van der Waals surface area contributed by atoms with Crippen molar-refractivity contribution in [3.63, 3.8) is 0 Å². The van der Waals surface area contributed by atoms with Crippen molar-refractivity contribution in [1.29, 1.82) is 0 Å². The van der Waals surface area contributed by atoms with Crippen molar-refractivity contribution in [2.24, 2.45) is 5.92 Å². The van der Waals surface area contributed by atoms with Crippen molar-refractivity contribution in [1.82, 2.24) is 0 Å². The number of aliphatic carboxylic acids is 1. The van der Waals surface area contributed by atoms with E-state index in [1.165, 1.54) is 0 Å². The molecule has 0 saturated carbocycles. The number of ether oxygens (including phenoxy) is 1. The number of aliphatic hydroxyl groups excluding tert-OH is 1. The lowest BCUT2D eigenvalue weighted by atomic mass is 9.99. The molecule has 2 unspecified atom stereocenters. The van der Waals surface area contributed by atoms with Gasteiger partial charge in [-0.2, -0.15) is 0 Å². The van der Waals surface area contributed by atoms with Gasteiger partial charge < -0.3 is 14.9 Å². The Morgan fingerprint density at radius 2 is 2.00 bits per heavy atom. The molecular formula is C14H20O4. The molecule has 0 aliphatic rings. The fourth-order valence-electron chi connectivity index (χ4n) is 1.73. The summed E-state index contributed by atoms with van der Waals surface area (Å²) in [5, 5.41) is 18.6. The van der Waals surface area contributed by atoms with Crippen LogP contribution in [0.15, 0.2) is 30.3 Å². The molecule has 1 aromatic carbocycles. The Hall–Kier alpha value is -1.39. The van der Waals surface area contributed by atoms with Gasteiger partial charge in [-0.15, -0.1) is 0 Å². The summed E-state index contributed by atoms with van der Waals surface area (Å²) >= 11 is 0. The van der Waals surface area contributed by atoms with Gasteiger partial charge in [0.2, 0.25) is 0 Å². The Labute approximate surface area is 107 Å². The van der Waals surface area contributed by atoms with E-state index in [0.29, 0.717) is 13.0 Å². The first-order valence-electron chi connectivity index (χ1n) is 6.16. The minimum absolute atomic E-state index is 0.165. The normalized spacial score (nSPS) is 14.1. The minimum atomic E-state index is -0.861. The molecule has 1 aromatic rings. The first kappa shape index (κ1) is 14.7. The summed E-state index contributed by atoms with van der Waals surface area (Å²) in [4.78, 5) is 10.8. The van der Waals surface area contributed by atoms with Gasteiger partial charge in [0.1, 0.15) is 0 Å². The predicted octanol–water partition coefficient (Wildman–Crippen LogP) is 2.06. The highest BCUT2D eigenvalue weighted by atomic mass is 16.5. The lowest BCUT2D eigenvalue weighted by molar-refractivity contribution is -0.143. The number of carboxylic acids is 1. The van der Waals surface area contributed by atoms with Gasteiger partial charge in [0.05, 0.1) is 25.2 Å². The molecule has 0 bridgehead atoms. The standard InChI is InChI=1S/C14H20O4/c1-2-12(14(16)17)8-13(15)10-18-9-11-6-4-3-5-7-11/h3-7,12-13,15H,2,8-10H2,1H3,(H,16,17). The van der Waals surface area contributed by atoms with Gasteiger partial charge in [-0.1, -0.05) is 37.3 Å². The smallest absolute Gasteiger partial charge is 0.306 e. The van der Waals surface area contributed by atoms with Gasteiger partial charge in [-0.3, -0.25) is 4.79 Å². The summed E-state index contributed by atoms with van der Waals surface area (Å²) in [5.41, 5.74) is 1.04. The second-order valence-electron chi connectivity index (χ2n) is 4.33. The van der Waals surface area contributed by atoms with Crippen molar-refractivity contribution < 1.29 is 19.7 Å². The summed E-state index contributed by atoms with van der Waals surface area (Å²) in [6, 6.07) is 9.66. The molecule has 0 aliphatic carbocycles. The molecule has 4 heteroatoms. The fourth-order valence-corrected chi connectivity index (χ4v) is 1.73. The van der Waals surface area contributed by atoms with E-state index in [0.717, 1.165) is 5.56 Å². The lowest BCUT2D eigenvalue weighted by Gasteiger charge is -2.15. The van der Waals surface area contributed by atoms with Crippen LogP contribution in [0.5, 0.6) is 0 Å². The van der Waals surface area contributed by atoms with Gasteiger partial charge in [-0.05, 0) is 18.4 Å². The molecule has 0 saturated heterocycles. The third-order valence-corrected chi connectivity index (χ3v) is 2.82. The predicted molar refractivity (Wildman–Crippen MR) is 68.1 cm³/mol. The molecule has 4 nitrogen and oxygen atoms in total. The van der Waals surface area contributed by atoms with Crippen molar-refractivity contribution in [3.05, 3.63) is 35.9 Å². The maximum atomic E-state index is 10.8. The molecule has 2 atom stereocenters. The Morgan fingerprint density at radius 3 is 2.56 bits per heavy atom. The van der Waals surface area contributed by atoms with Crippen LogP contribution in [0.3, 0.4) is 0 Å². The van der Waals surface area contributed by atoms with E-state index < -0.39 is 18.0 Å². The molecule has 100 valence electrons.